The van der Waals surface area contributed by atoms with E-state index in [-0.39, 0.29) is 0 Å². The molecular formula is C15H24N2O2S. The summed E-state index contributed by atoms with van der Waals surface area (Å²) in [6.45, 7) is 6.51. The number of piperidine rings is 1. The lowest BCUT2D eigenvalue weighted by atomic mass is 10.0. The lowest BCUT2D eigenvalue weighted by Crippen LogP contribution is -2.38. The molecule has 1 fully saturated rings. The van der Waals surface area contributed by atoms with Crippen molar-refractivity contribution in [2.75, 3.05) is 13.1 Å². The Kier molecular flexibility index (Phi) is 5.54. The summed E-state index contributed by atoms with van der Waals surface area (Å²) in [5.41, 5.74) is 0.770. The number of carboxylic acids is 1. The van der Waals surface area contributed by atoms with Crippen LogP contribution in [0, 0.1) is 0 Å². The molecule has 0 radical (unpaired) electrons. The second kappa shape index (κ2) is 7.18. The van der Waals surface area contributed by atoms with E-state index in [2.05, 4.69) is 23.7 Å². The van der Waals surface area contributed by atoms with Crippen LogP contribution in [-0.2, 0) is 12.8 Å². The van der Waals surface area contributed by atoms with Gasteiger partial charge in [0.05, 0.1) is 10.7 Å². The van der Waals surface area contributed by atoms with Gasteiger partial charge in [0.1, 0.15) is 4.88 Å². The van der Waals surface area contributed by atoms with Gasteiger partial charge in [0, 0.05) is 19.0 Å². The van der Waals surface area contributed by atoms with E-state index in [0.717, 1.165) is 36.5 Å². The first-order chi connectivity index (χ1) is 9.61. The van der Waals surface area contributed by atoms with Crippen molar-refractivity contribution in [3.63, 3.8) is 0 Å². The minimum absolute atomic E-state index is 0.438. The summed E-state index contributed by atoms with van der Waals surface area (Å²) >= 11 is 1.36. The molecule has 0 aliphatic carbocycles. The summed E-state index contributed by atoms with van der Waals surface area (Å²) in [5, 5.41) is 10.2. The zero-order chi connectivity index (χ0) is 14.5. The summed E-state index contributed by atoms with van der Waals surface area (Å²) in [7, 11) is 0. The SMILES string of the molecule is CCCc1nc(CCN2CCCCC2C)sc1C(=O)O. The molecular weight excluding hydrogens is 272 g/mol. The van der Waals surface area contributed by atoms with Gasteiger partial charge in [0.15, 0.2) is 0 Å². The number of aromatic nitrogens is 1. The van der Waals surface area contributed by atoms with Crippen molar-refractivity contribution in [2.24, 2.45) is 0 Å². The van der Waals surface area contributed by atoms with Gasteiger partial charge in [-0.3, -0.25) is 0 Å². The molecule has 4 nitrogen and oxygen atoms in total. The fourth-order valence-electron chi connectivity index (χ4n) is 2.81. The van der Waals surface area contributed by atoms with Gasteiger partial charge in [-0.15, -0.1) is 11.3 Å². The standard InChI is InChI=1S/C15H24N2O2S/c1-3-6-12-14(15(18)19)20-13(16-12)8-10-17-9-5-4-7-11(17)2/h11H,3-10H2,1-2H3,(H,18,19). The molecule has 1 aliphatic heterocycles. The summed E-state index contributed by atoms with van der Waals surface area (Å²) in [5.74, 6) is -0.830. The maximum atomic E-state index is 11.2. The molecule has 1 aliphatic rings. The Labute approximate surface area is 124 Å². The molecule has 2 heterocycles. The number of carboxylic acid groups (broad SMARTS) is 1. The second-order valence-corrected chi connectivity index (χ2v) is 6.65. The Hall–Kier alpha value is -0.940. The van der Waals surface area contributed by atoms with Crippen molar-refractivity contribution < 1.29 is 9.90 Å². The van der Waals surface area contributed by atoms with Crippen molar-refractivity contribution in [1.82, 2.24) is 9.88 Å². The van der Waals surface area contributed by atoms with Crippen molar-refractivity contribution in [1.29, 1.82) is 0 Å². The van der Waals surface area contributed by atoms with E-state index in [9.17, 15) is 9.90 Å². The van der Waals surface area contributed by atoms with Crippen LogP contribution >= 0.6 is 11.3 Å². The van der Waals surface area contributed by atoms with Gasteiger partial charge < -0.3 is 10.0 Å². The van der Waals surface area contributed by atoms with Gasteiger partial charge in [-0.05, 0) is 32.7 Å². The molecule has 0 bridgehead atoms. The third kappa shape index (κ3) is 3.79. The zero-order valence-corrected chi connectivity index (χ0v) is 13.2. The van der Waals surface area contributed by atoms with E-state index in [0.29, 0.717) is 10.9 Å². The van der Waals surface area contributed by atoms with Crippen molar-refractivity contribution in [3.05, 3.63) is 15.6 Å². The lowest BCUT2D eigenvalue weighted by Gasteiger charge is -2.32. The number of hydrogen-bond donors (Lipinski definition) is 1. The van der Waals surface area contributed by atoms with Gasteiger partial charge in [0.2, 0.25) is 0 Å². The van der Waals surface area contributed by atoms with E-state index < -0.39 is 5.97 Å². The van der Waals surface area contributed by atoms with Crippen molar-refractivity contribution >= 4 is 17.3 Å². The Balaban J connectivity index is 1.98. The largest absolute Gasteiger partial charge is 0.477 e. The minimum Gasteiger partial charge on any atom is -0.477 e. The number of carbonyl (C=O) groups is 1. The molecule has 1 N–H and O–H groups in total. The number of aromatic carboxylic acids is 1. The fourth-order valence-corrected chi connectivity index (χ4v) is 3.75. The third-order valence-corrected chi connectivity index (χ3v) is 5.12. The zero-order valence-electron chi connectivity index (χ0n) is 12.4. The molecule has 1 saturated heterocycles. The Morgan fingerprint density at radius 3 is 2.90 bits per heavy atom. The van der Waals surface area contributed by atoms with Crippen LogP contribution in [0.25, 0.3) is 0 Å². The summed E-state index contributed by atoms with van der Waals surface area (Å²) < 4.78 is 0. The quantitative estimate of drug-likeness (QED) is 0.876. The van der Waals surface area contributed by atoms with Crippen LogP contribution in [-0.4, -0.2) is 40.1 Å². The lowest BCUT2D eigenvalue weighted by molar-refractivity contribution is 0.0700. The van der Waals surface area contributed by atoms with E-state index >= 15 is 0 Å². The van der Waals surface area contributed by atoms with E-state index in [1.165, 1.54) is 37.1 Å². The highest BCUT2D eigenvalue weighted by Gasteiger charge is 2.20. The van der Waals surface area contributed by atoms with Gasteiger partial charge in [-0.2, -0.15) is 0 Å². The number of likely N-dealkylation sites (tertiary alicyclic amines) is 1. The fraction of sp³-hybridized carbons (Fsp3) is 0.733. The topological polar surface area (TPSA) is 53.4 Å². The number of thiazole rings is 1. The minimum atomic E-state index is -0.830. The van der Waals surface area contributed by atoms with Crippen LogP contribution in [0.3, 0.4) is 0 Å². The summed E-state index contributed by atoms with van der Waals surface area (Å²) in [6, 6.07) is 0.651. The molecule has 1 aromatic rings. The first-order valence-electron chi connectivity index (χ1n) is 7.57. The van der Waals surface area contributed by atoms with Crippen LogP contribution in [0.2, 0.25) is 0 Å². The molecule has 20 heavy (non-hydrogen) atoms. The van der Waals surface area contributed by atoms with Crippen LogP contribution in [0.15, 0.2) is 0 Å². The highest BCUT2D eigenvalue weighted by Crippen LogP contribution is 2.22. The first-order valence-corrected chi connectivity index (χ1v) is 8.39. The van der Waals surface area contributed by atoms with Crippen molar-refractivity contribution in [2.45, 2.75) is 58.4 Å². The van der Waals surface area contributed by atoms with E-state index in [1.807, 2.05) is 0 Å². The van der Waals surface area contributed by atoms with Crippen molar-refractivity contribution in [3.8, 4) is 0 Å². The maximum Gasteiger partial charge on any atom is 0.347 e. The molecule has 1 aromatic heterocycles. The summed E-state index contributed by atoms with van der Waals surface area (Å²) in [4.78, 5) is 18.7. The number of hydrogen-bond acceptors (Lipinski definition) is 4. The molecule has 0 aromatic carbocycles. The Bertz CT molecular complexity index is 459. The average Bonchev–Trinajstić information content (AvgIpc) is 2.82. The Morgan fingerprint density at radius 2 is 2.25 bits per heavy atom. The monoisotopic (exact) mass is 296 g/mol. The predicted octanol–water partition coefficient (Wildman–Crippen LogP) is 3.21. The molecule has 1 unspecified atom stereocenters. The molecule has 112 valence electrons. The highest BCUT2D eigenvalue weighted by molar-refractivity contribution is 7.13. The number of aryl methyl sites for hydroxylation is 1. The average molecular weight is 296 g/mol. The summed E-state index contributed by atoms with van der Waals surface area (Å²) in [6.07, 6.45) is 6.46. The predicted molar refractivity (Wildman–Crippen MR) is 81.7 cm³/mol. The third-order valence-electron chi connectivity index (χ3n) is 3.98. The smallest absolute Gasteiger partial charge is 0.347 e. The van der Waals surface area contributed by atoms with Crippen LogP contribution in [0.1, 0.15) is 59.9 Å². The van der Waals surface area contributed by atoms with Gasteiger partial charge in [0.25, 0.3) is 0 Å². The van der Waals surface area contributed by atoms with Crippen LogP contribution in [0.4, 0.5) is 0 Å². The number of nitrogens with zero attached hydrogens (tertiary/aromatic N) is 2. The normalized spacial score (nSPS) is 20.2. The van der Waals surface area contributed by atoms with Gasteiger partial charge in [-0.25, -0.2) is 9.78 Å². The molecule has 0 amide bonds. The molecule has 5 heteroatoms. The number of rotatable bonds is 6. The molecule has 0 saturated carbocycles. The van der Waals surface area contributed by atoms with E-state index in [4.69, 9.17) is 0 Å². The molecule has 2 rings (SSSR count). The van der Waals surface area contributed by atoms with Gasteiger partial charge >= 0.3 is 5.97 Å². The molecule has 1 atom stereocenters. The van der Waals surface area contributed by atoms with Gasteiger partial charge in [-0.1, -0.05) is 19.8 Å². The first kappa shape index (κ1) is 15.4. The maximum absolute atomic E-state index is 11.2. The van der Waals surface area contributed by atoms with Crippen LogP contribution < -0.4 is 0 Å². The molecule has 0 spiro atoms. The van der Waals surface area contributed by atoms with E-state index in [1.54, 1.807) is 0 Å². The Morgan fingerprint density at radius 1 is 1.45 bits per heavy atom. The second-order valence-electron chi connectivity index (χ2n) is 5.57. The highest BCUT2D eigenvalue weighted by atomic mass is 32.1. The van der Waals surface area contributed by atoms with Crippen LogP contribution in [0.5, 0.6) is 0 Å².